The fraction of sp³-hybridized carbons (Fsp3) is 0.875. The van der Waals surface area contributed by atoms with Gasteiger partial charge in [-0.2, -0.15) is 0 Å². The van der Waals surface area contributed by atoms with Crippen molar-refractivity contribution in [3.05, 3.63) is 24.3 Å². The number of ketones is 1. The summed E-state index contributed by atoms with van der Waals surface area (Å²) in [7, 11) is 0. The van der Waals surface area contributed by atoms with Gasteiger partial charge in [-0.3, -0.25) is 4.79 Å². The van der Waals surface area contributed by atoms with Gasteiger partial charge < -0.3 is 48.1 Å². The summed E-state index contributed by atoms with van der Waals surface area (Å²) in [5, 5.41) is 20.0. The van der Waals surface area contributed by atoms with E-state index in [0.717, 1.165) is 56.1 Å². The summed E-state index contributed by atoms with van der Waals surface area (Å²) in [6.07, 6.45) is 5.65. The molecular weight excluding hydrogens is 656 g/mol. The van der Waals surface area contributed by atoms with E-state index < -0.39 is 11.9 Å². The molecule has 284 valence electrons. The molecule has 12 bridgehead atoms. The Bertz CT molecular complexity index is 1360. The SMILES string of the molecule is C=C1C[C@@H]2CC[C@@]34C[C@@H]5OC6[C@@H](OC7CCC(CC(=O)C[C@@H]8[C@@H](C)[C@@H](C[C@H](O)CO)O[C@H]8CC8O[C@@H](CCC1O2)C[C@@H](C)C8=C)OC7[C@@H]6O3)C5O4. The number of aliphatic hydroxyl groups is 2. The maximum absolute atomic E-state index is 14.0. The molecule has 0 saturated carbocycles. The molecule has 11 heteroatoms. The Morgan fingerprint density at radius 1 is 0.745 bits per heavy atom. The van der Waals surface area contributed by atoms with Crippen molar-refractivity contribution >= 4 is 5.78 Å². The second-order valence-corrected chi connectivity index (χ2v) is 17.5. The lowest BCUT2D eigenvalue weighted by molar-refractivity contribution is -0.292. The van der Waals surface area contributed by atoms with Crippen LogP contribution in [0.2, 0.25) is 0 Å². The molecule has 0 aromatic heterocycles. The summed E-state index contributed by atoms with van der Waals surface area (Å²) in [6, 6.07) is 0. The van der Waals surface area contributed by atoms with Crippen molar-refractivity contribution in [3.8, 4) is 0 Å². The molecule has 10 heterocycles. The van der Waals surface area contributed by atoms with Crippen molar-refractivity contribution in [1.82, 2.24) is 0 Å². The van der Waals surface area contributed by atoms with Gasteiger partial charge in [-0.05, 0) is 73.8 Å². The maximum Gasteiger partial charge on any atom is 0.172 e. The fourth-order valence-corrected chi connectivity index (χ4v) is 11.3. The summed E-state index contributed by atoms with van der Waals surface area (Å²) in [6.45, 7) is 12.9. The van der Waals surface area contributed by atoms with Gasteiger partial charge in [0.25, 0.3) is 0 Å². The summed E-state index contributed by atoms with van der Waals surface area (Å²) in [5.41, 5.74) is 2.22. The van der Waals surface area contributed by atoms with E-state index in [-0.39, 0.29) is 110 Å². The van der Waals surface area contributed by atoms with Gasteiger partial charge in [0.1, 0.15) is 36.3 Å². The molecule has 10 aliphatic rings. The molecule has 10 aliphatic heterocycles. The first-order chi connectivity index (χ1) is 24.6. The van der Waals surface area contributed by atoms with Crippen LogP contribution < -0.4 is 0 Å². The van der Waals surface area contributed by atoms with Crippen LogP contribution in [-0.2, 0) is 42.7 Å². The molecule has 11 nitrogen and oxygen atoms in total. The predicted octanol–water partition coefficient (Wildman–Crippen LogP) is 4.09. The van der Waals surface area contributed by atoms with Gasteiger partial charge in [-0.15, -0.1) is 0 Å². The van der Waals surface area contributed by atoms with E-state index >= 15 is 0 Å². The monoisotopic (exact) mass is 714 g/mol. The molecule has 10 fully saturated rings. The Balaban J connectivity index is 0.986. The number of hydrogen-bond donors (Lipinski definition) is 2. The van der Waals surface area contributed by atoms with Crippen LogP contribution in [0.4, 0.5) is 0 Å². The third kappa shape index (κ3) is 6.53. The molecule has 0 amide bonds. The molecule has 10 saturated heterocycles. The smallest absolute Gasteiger partial charge is 0.172 e. The number of rotatable bonds is 3. The van der Waals surface area contributed by atoms with E-state index in [1.54, 1.807) is 0 Å². The number of ether oxygens (including phenoxy) is 8. The topological polar surface area (TPSA) is 131 Å². The van der Waals surface area contributed by atoms with E-state index in [0.29, 0.717) is 44.4 Å². The van der Waals surface area contributed by atoms with E-state index in [2.05, 4.69) is 27.0 Å². The van der Waals surface area contributed by atoms with E-state index in [1.165, 1.54) is 0 Å². The van der Waals surface area contributed by atoms with Gasteiger partial charge in [0.2, 0.25) is 0 Å². The fourth-order valence-electron chi connectivity index (χ4n) is 11.3. The standard InChI is InChI=1S/C40H58O11/c1-19-11-25-5-7-29-20(2)12-27(44-29)9-10-40-17-34-36(50-40)37-38(49-34)39(51-40)35-30(48-37)8-6-26(46-35)13-23(42)14-28-22(4)31(15-24(43)18-41)47-33(28)16-32(45-25)21(19)3/h19,22,24-39,41,43H,2-3,5-18H2,1,4H3/t19-,22-,24+,25+,26?,27+,28-,29?,30?,31-,32?,33+,34+,35?,36?,37+,38?,39+,40+/m1/s1. The van der Waals surface area contributed by atoms with Gasteiger partial charge in [-0.1, -0.05) is 27.0 Å². The van der Waals surface area contributed by atoms with E-state index in [1.807, 2.05) is 0 Å². The highest BCUT2D eigenvalue weighted by atomic mass is 16.8. The van der Waals surface area contributed by atoms with Crippen LogP contribution in [0.5, 0.6) is 0 Å². The molecule has 0 aliphatic carbocycles. The van der Waals surface area contributed by atoms with Crippen LogP contribution in [0.15, 0.2) is 24.3 Å². The molecular formula is C40H58O11. The number of hydrogen-bond acceptors (Lipinski definition) is 11. The lowest BCUT2D eigenvalue weighted by Gasteiger charge is -2.47. The first kappa shape index (κ1) is 35.5. The summed E-state index contributed by atoms with van der Waals surface area (Å²) in [5.74, 6) is -0.367. The molecule has 0 aromatic rings. The second kappa shape index (κ2) is 13.8. The summed E-state index contributed by atoms with van der Waals surface area (Å²) in [4.78, 5) is 14.0. The van der Waals surface area contributed by atoms with Gasteiger partial charge in [0.05, 0.1) is 67.6 Å². The zero-order chi connectivity index (χ0) is 35.2. The Morgan fingerprint density at radius 2 is 1.49 bits per heavy atom. The largest absolute Gasteiger partial charge is 0.394 e. The molecule has 1 spiro atoms. The number of aliphatic hydroxyl groups excluding tert-OH is 2. The van der Waals surface area contributed by atoms with E-state index in [9.17, 15) is 15.0 Å². The summed E-state index contributed by atoms with van der Waals surface area (Å²) >= 11 is 0. The van der Waals surface area contributed by atoms with Crippen molar-refractivity contribution in [1.29, 1.82) is 0 Å². The Kier molecular flexibility index (Phi) is 9.59. The molecule has 0 radical (unpaired) electrons. The average Bonchev–Trinajstić information content (AvgIpc) is 3.77. The normalized spacial score (nSPS) is 53.2. The minimum atomic E-state index is -0.872. The van der Waals surface area contributed by atoms with Crippen molar-refractivity contribution in [3.63, 3.8) is 0 Å². The molecule has 10 rings (SSSR count). The first-order valence-electron chi connectivity index (χ1n) is 20.0. The molecule has 19 atom stereocenters. The number of carbonyl (C=O) groups excluding carboxylic acids is 1. The quantitative estimate of drug-likeness (QED) is 0.410. The van der Waals surface area contributed by atoms with Gasteiger partial charge >= 0.3 is 0 Å². The molecule has 7 unspecified atom stereocenters. The minimum absolute atomic E-state index is 0.00894. The van der Waals surface area contributed by atoms with Gasteiger partial charge in [-0.25, -0.2) is 0 Å². The highest BCUT2D eigenvalue weighted by molar-refractivity contribution is 5.79. The minimum Gasteiger partial charge on any atom is -0.394 e. The Hall–Kier alpha value is -1.25. The lowest BCUT2D eigenvalue weighted by Crippen LogP contribution is -2.61. The highest BCUT2D eigenvalue weighted by Crippen LogP contribution is 2.54. The zero-order valence-electron chi connectivity index (χ0n) is 30.3. The van der Waals surface area contributed by atoms with Crippen molar-refractivity contribution < 1.29 is 52.9 Å². The van der Waals surface area contributed by atoms with Crippen LogP contribution in [0.1, 0.15) is 97.3 Å². The van der Waals surface area contributed by atoms with Gasteiger partial charge in [0, 0.05) is 38.5 Å². The number of fused-ring (bicyclic) bond motifs is 6. The van der Waals surface area contributed by atoms with Crippen LogP contribution in [-0.4, -0.2) is 120 Å². The van der Waals surface area contributed by atoms with Crippen molar-refractivity contribution in [2.45, 2.75) is 195 Å². The highest BCUT2D eigenvalue weighted by Gasteiger charge is 2.68. The number of Topliss-reactive ketones (excluding diaryl/α,β-unsaturated/α-hetero) is 1. The van der Waals surface area contributed by atoms with Crippen molar-refractivity contribution in [2.24, 2.45) is 17.8 Å². The van der Waals surface area contributed by atoms with Crippen LogP contribution >= 0.6 is 0 Å². The van der Waals surface area contributed by atoms with E-state index in [4.69, 9.17) is 37.9 Å². The maximum atomic E-state index is 14.0. The zero-order valence-corrected chi connectivity index (χ0v) is 30.3. The molecule has 51 heavy (non-hydrogen) atoms. The Labute approximate surface area is 301 Å². The lowest BCUT2D eigenvalue weighted by atomic mass is 9.79. The van der Waals surface area contributed by atoms with Gasteiger partial charge in [0.15, 0.2) is 5.79 Å². The predicted molar refractivity (Wildman–Crippen MR) is 183 cm³/mol. The van der Waals surface area contributed by atoms with Crippen molar-refractivity contribution in [2.75, 3.05) is 6.61 Å². The number of carbonyl (C=O) groups is 1. The third-order valence-corrected chi connectivity index (χ3v) is 14.1. The first-order valence-corrected chi connectivity index (χ1v) is 20.0. The third-order valence-electron chi connectivity index (χ3n) is 14.1. The Morgan fingerprint density at radius 3 is 2.33 bits per heavy atom. The second-order valence-electron chi connectivity index (χ2n) is 17.5. The molecule has 2 N–H and O–H groups in total. The summed E-state index contributed by atoms with van der Waals surface area (Å²) < 4.78 is 53.9. The van der Waals surface area contributed by atoms with Crippen LogP contribution in [0, 0.1) is 17.8 Å². The molecule has 0 aromatic carbocycles. The van der Waals surface area contributed by atoms with Crippen LogP contribution in [0.25, 0.3) is 0 Å². The van der Waals surface area contributed by atoms with Crippen LogP contribution in [0.3, 0.4) is 0 Å². The average molecular weight is 715 g/mol.